The smallest absolute Gasteiger partial charge is 0.281 e. The lowest BCUT2D eigenvalue weighted by atomic mass is 10.1. The molecule has 33 heavy (non-hydrogen) atoms. The minimum atomic E-state index is -0.502. The summed E-state index contributed by atoms with van der Waals surface area (Å²) >= 11 is 1.29. The van der Waals surface area contributed by atoms with Crippen molar-refractivity contribution in [1.29, 1.82) is 0 Å². The SMILES string of the molecule is COc1cc2c(=O)nc3n(c2c(OC)c1OC)CC(O)=C3c1nc(-c2ccc(F)cc2)cs1. The van der Waals surface area contributed by atoms with Gasteiger partial charge in [0.05, 0.1) is 44.5 Å². The maximum Gasteiger partial charge on any atom is 0.281 e. The van der Waals surface area contributed by atoms with E-state index in [1.165, 1.54) is 44.8 Å². The lowest BCUT2D eigenvalue weighted by Gasteiger charge is -2.17. The van der Waals surface area contributed by atoms with Gasteiger partial charge in [-0.25, -0.2) is 9.37 Å². The van der Waals surface area contributed by atoms with Gasteiger partial charge in [-0.1, -0.05) is 0 Å². The molecule has 168 valence electrons. The first-order valence-electron chi connectivity index (χ1n) is 9.84. The molecule has 0 aliphatic carbocycles. The average Bonchev–Trinajstić information content (AvgIpc) is 3.42. The number of nitrogens with zero attached hydrogens (tertiary/aromatic N) is 3. The van der Waals surface area contributed by atoms with Crippen LogP contribution in [0.25, 0.3) is 27.7 Å². The van der Waals surface area contributed by atoms with Crippen molar-refractivity contribution < 1.29 is 23.7 Å². The number of hydrogen-bond acceptors (Lipinski definition) is 8. The average molecular weight is 467 g/mol. The zero-order chi connectivity index (χ0) is 23.3. The number of thiazole rings is 1. The van der Waals surface area contributed by atoms with Crippen LogP contribution in [0.15, 0.2) is 46.3 Å². The molecule has 8 nitrogen and oxygen atoms in total. The van der Waals surface area contributed by atoms with E-state index in [2.05, 4.69) is 9.97 Å². The molecular weight excluding hydrogens is 449 g/mol. The number of allylic oxidation sites excluding steroid dienone is 1. The second kappa shape index (κ2) is 7.89. The van der Waals surface area contributed by atoms with Gasteiger partial charge in [-0.2, -0.15) is 4.98 Å². The topological polar surface area (TPSA) is 95.7 Å². The number of hydrogen-bond donors (Lipinski definition) is 1. The largest absolute Gasteiger partial charge is 0.510 e. The Hall–Kier alpha value is -3.92. The molecule has 0 saturated heterocycles. The minimum absolute atomic E-state index is 0.0197. The number of aromatic nitrogens is 3. The molecule has 2 aromatic carbocycles. The summed E-state index contributed by atoms with van der Waals surface area (Å²) in [7, 11) is 4.41. The highest BCUT2D eigenvalue weighted by atomic mass is 32.1. The molecule has 1 aliphatic heterocycles. The predicted molar refractivity (Wildman–Crippen MR) is 122 cm³/mol. The molecule has 0 fully saturated rings. The van der Waals surface area contributed by atoms with Gasteiger partial charge in [-0.05, 0) is 30.3 Å². The fourth-order valence-electron chi connectivity index (χ4n) is 3.96. The maximum atomic E-state index is 13.3. The van der Waals surface area contributed by atoms with Gasteiger partial charge in [0, 0.05) is 10.9 Å². The van der Waals surface area contributed by atoms with Crippen LogP contribution in [0.4, 0.5) is 4.39 Å². The Labute approximate surface area is 191 Å². The number of benzene rings is 2. The normalized spacial score (nSPS) is 12.8. The summed E-state index contributed by atoms with van der Waals surface area (Å²) in [6.07, 6.45) is 0. The lowest BCUT2D eigenvalue weighted by Crippen LogP contribution is -2.17. The standard InChI is InChI=1S/C23H18FN3O5S/c1-30-16-8-13-18(20(32-3)19(16)31-2)27-9-15(28)17(21(27)26-22(13)29)23-25-14(10-33-23)11-4-6-12(24)7-5-11/h4-8,10,28H,9H2,1-3H3. The monoisotopic (exact) mass is 467 g/mol. The van der Waals surface area contributed by atoms with Crippen LogP contribution >= 0.6 is 11.3 Å². The molecule has 0 amide bonds. The van der Waals surface area contributed by atoms with Crippen LogP contribution < -0.4 is 19.8 Å². The van der Waals surface area contributed by atoms with Crippen LogP contribution in [-0.4, -0.2) is 41.0 Å². The Morgan fingerprint density at radius 3 is 2.45 bits per heavy atom. The van der Waals surface area contributed by atoms with Gasteiger partial charge >= 0.3 is 0 Å². The fourth-order valence-corrected chi connectivity index (χ4v) is 4.85. The number of fused-ring (bicyclic) bond motifs is 3. The molecule has 1 N–H and O–H groups in total. The second-order valence-corrected chi connectivity index (χ2v) is 8.09. The molecule has 0 unspecified atom stereocenters. The lowest BCUT2D eigenvalue weighted by molar-refractivity contribution is 0.326. The number of rotatable bonds is 5. The zero-order valence-electron chi connectivity index (χ0n) is 17.9. The zero-order valence-corrected chi connectivity index (χ0v) is 18.7. The van der Waals surface area contributed by atoms with Crippen LogP contribution in [0.3, 0.4) is 0 Å². The highest BCUT2D eigenvalue weighted by Crippen LogP contribution is 2.45. The molecule has 10 heteroatoms. The summed E-state index contributed by atoms with van der Waals surface area (Å²) in [4.78, 5) is 21.8. The van der Waals surface area contributed by atoms with Crippen molar-refractivity contribution in [1.82, 2.24) is 14.5 Å². The van der Waals surface area contributed by atoms with E-state index < -0.39 is 5.56 Å². The van der Waals surface area contributed by atoms with Crippen LogP contribution in [-0.2, 0) is 6.54 Å². The Morgan fingerprint density at radius 1 is 1.06 bits per heavy atom. The summed E-state index contributed by atoms with van der Waals surface area (Å²) in [5, 5.41) is 13.4. The third-order valence-corrected chi connectivity index (χ3v) is 6.31. The summed E-state index contributed by atoms with van der Waals surface area (Å²) < 4.78 is 31.4. The molecule has 3 heterocycles. The quantitative estimate of drug-likeness (QED) is 0.474. The maximum absolute atomic E-state index is 13.3. The van der Waals surface area contributed by atoms with E-state index in [0.717, 1.165) is 5.56 Å². The van der Waals surface area contributed by atoms with Crippen LogP contribution in [0.1, 0.15) is 10.8 Å². The van der Waals surface area contributed by atoms with Gasteiger partial charge in [0.1, 0.15) is 22.1 Å². The van der Waals surface area contributed by atoms with E-state index in [4.69, 9.17) is 14.2 Å². The van der Waals surface area contributed by atoms with Crippen LogP contribution in [0.5, 0.6) is 17.2 Å². The van der Waals surface area contributed by atoms with Crippen molar-refractivity contribution in [2.45, 2.75) is 6.54 Å². The third kappa shape index (κ3) is 3.21. The molecule has 0 spiro atoms. The Bertz CT molecular complexity index is 1490. The molecule has 2 aromatic heterocycles. The number of aliphatic hydroxyl groups excluding tert-OH is 1. The third-order valence-electron chi connectivity index (χ3n) is 5.45. The van der Waals surface area contributed by atoms with Crippen molar-refractivity contribution in [3.05, 3.63) is 68.5 Å². The minimum Gasteiger partial charge on any atom is -0.510 e. The van der Waals surface area contributed by atoms with E-state index >= 15 is 0 Å². The molecule has 1 aliphatic rings. The van der Waals surface area contributed by atoms with Gasteiger partial charge in [0.2, 0.25) is 5.75 Å². The number of halogens is 1. The summed E-state index contributed by atoms with van der Waals surface area (Å²) in [5.41, 5.74) is 1.66. The summed E-state index contributed by atoms with van der Waals surface area (Å²) in [5.74, 6) is 0.916. The Kier molecular flexibility index (Phi) is 5.01. The Morgan fingerprint density at radius 2 is 1.79 bits per heavy atom. The van der Waals surface area contributed by atoms with Gasteiger partial charge < -0.3 is 23.9 Å². The van der Waals surface area contributed by atoms with Crippen molar-refractivity contribution >= 4 is 27.8 Å². The van der Waals surface area contributed by atoms with Crippen molar-refractivity contribution in [3.8, 4) is 28.5 Å². The van der Waals surface area contributed by atoms with Gasteiger partial charge in [0.25, 0.3) is 5.56 Å². The Balaban J connectivity index is 1.70. The van der Waals surface area contributed by atoms with Gasteiger partial charge in [-0.3, -0.25) is 4.79 Å². The summed E-state index contributed by atoms with van der Waals surface area (Å²) in [6, 6.07) is 7.52. The molecule has 0 radical (unpaired) electrons. The van der Waals surface area contributed by atoms with E-state index in [9.17, 15) is 14.3 Å². The van der Waals surface area contributed by atoms with E-state index in [1.807, 2.05) is 0 Å². The number of aliphatic hydroxyl groups is 1. The predicted octanol–water partition coefficient (Wildman–Crippen LogP) is 4.02. The van der Waals surface area contributed by atoms with Crippen molar-refractivity contribution in [2.24, 2.45) is 0 Å². The van der Waals surface area contributed by atoms with E-state index in [-0.39, 0.29) is 29.3 Å². The number of ether oxygens (including phenoxy) is 3. The molecular formula is C23H18FN3O5S. The van der Waals surface area contributed by atoms with Crippen molar-refractivity contribution in [3.63, 3.8) is 0 Å². The molecule has 0 saturated carbocycles. The summed E-state index contributed by atoms with van der Waals surface area (Å²) in [6.45, 7) is 0.0752. The molecule has 5 rings (SSSR count). The highest BCUT2D eigenvalue weighted by Gasteiger charge is 2.31. The van der Waals surface area contributed by atoms with E-state index in [1.54, 1.807) is 28.1 Å². The molecule has 0 atom stereocenters. The van der Waals surface area contributed by atoms with Crippen LogP contribution in [0, 0.1) is 5.82 Å². The fraction of sp³-hybridized carbons (Fsp3) is 0.174. The van der Waals surface area contributed by atoms with E-state index in [0.29, 0.717) is 39.0 Å². The number of methoxy groups -OCH3 is 3. The highest BCUT2D eigenvalue weighted by molar-refractivity contribution is 7.11. The molecule has 4 aromatic rings. The van der Waals surface area contributed by atoms with Gasteiger partial charge in [0.15, 0.2) is 17.3 Å². The molecule has 0 bridgehead atoms. The first kappa shape index (κ1) is 21.0. The first-order valence-corrected chi connectivity index (χ1v) is 10.7. The van der Waals surface area contributed by atoms with Crippen molar-refractivity contribution in [2.75, 3.05) is 21.3 Å². The second-order valence-electron chi connectivity index (χ2n) is 7.23. The van der Waals surface area contributed by atoms with Crippen LogP contribution in [0.2, 0.25) is 0 Å². The first-order chi connectivity index (χ1) is 16.0. The van der Waals surface area contributed by atoms with Gasteiger partial charge in [-0.15, -0.1) is 11.3 Å².